The van der Waals surface area contributed by atoms with Crippen molar-refractivity contribution < 1.29 is 9.53 Å². The van der Waals surface area contributed by atoms with Gasteiger partial charge in [0.2, 0.25) is 5.91 Å². The summed E-state index contributed by atoms with van der Waals surface area (Å²) in [5.41, 5.74) is 1.95. The highest BCUT2D eigenvalue weighted by atomic mass is 127. The van der Waals surface area contributed by atoms with Gasteiger partial charge in [-0.15, -0.1) is 24.0 Å². The molecule has 0 saturated carbocycles. The molecule has 7 heteroatoms. The molecule has 1 saturated heterocycles. The average Bonchev–Trinajstić information content (AvgIpc) is 2.63. The number of carbonyl (C=O) groups is 1. The summed E-state index contributed by atoms with van der Waals surface area (Å²) in [5, 5.41) is 6.25. The zero-order valence-electron chi connectivity index (χ0n) is 17.0. The molecule has 1 aromatic carbocycles. The van der Waals surface area contributed by atoms with Crippen molar-refractivity contribution in [2.45, 2.75) is 33.8 Å². The fourth-order valence-corrected chi connectivity index (χ4v) is 3.09. The van der Waals surface area contributed by atoms with Crippen molar-refractivity contribution in [2.75, 3.05) is 39.8 Å². The van der Waals surface area contributed by atoms with E-state index in [1.54, 1.807) is 7.05 Å². The monoisotopic (exact) mass is 488 g/mol. The van der Waals surface area contributed by atoms with Crippen LogP contribution in [0.5, 0.6) is 0 Å². The van der Waals surface area contributed by atoms with E-state index in [0.717, 1.165) is 19.0 Å². The van der Waals surface area contributed by atoms with Crippen LogP contribution < -0.4 is 10.6 Å². The molecule has 6 nitrogen and oxygen atoms in total. The number of ether oxygens (including phenoxy) is 1. The lowest BCUT2D eigenvalue weighted by atomic mass is 9.92. The highest BCUT2D eigenvalue weighted by Gasteiger charge is 2.29. The zero-order chi connectivity index (χ0) is 19.2. The van der Waals surface area contributed by atoms with Crippen LogP contribution in [0.4, 0.5) is 0 Å². The van der Waals surface area contributed by atoms with Crippen molar-refractivity contribution in [2.24, 2.45) is 10.4 Å². The average molecular weight is 488 g/mol. The molecule has 1 aliphatic heterocycles. The van der Waals surface area contributed by atoms with E-state index in [-0.39, 0.29) is 36.0 Å². The van der Waals surface area contributed by atoms with Crippen molar-refractivity contribution in [3.05, 3.63) is 35.4 Å². The van der Waals surface area contributed by atoms with Crippen molar-refractivity contribution in [3.63, 3.8) is 0 Å². The van der Waals surface area contributed by atoms with E-state index in [1.165, 1.54) is 11.1 Å². The zero-order valence-corrected chi connectivity index (χ0v) is 19.4. The molecule has 1 atom stereocenters. The van der Waals surface area contributed by atoms with Gasteiger partial charge in [0.05, 0.1) is 18.6 Å². The number of amides is 1. The fourth-order valence-electron chi connectivity index (χ4n) is 3.09. The summed E-state index contributed by atoms with van der Waals surface area (Å²) in [6.45, 7) is 11.3. The van der Waals surface area contributed by atoms with Gasteiger partial charge in [0, 0.05) is 26.7 Å². The van der Waals surface area contributed by atoms with Gasteiger partial charge in [-0.3, -0.25) is 9.79 Å². The molecule has 0 spiro atoms. The number of halogens is 1. The molecule has 1 aliphatic rings. The number of aryl methyl sites for hydroxylation is 1. The second-order valence-corrected chi connectivity index (χ2v) is 7.31. The van der Waals surface area contributed by atoms with Crippen molar-refractivity contribution in [1.29, 1.82) is 0 Å². The first-order chi connectivity index (χ1) is 12.4. The van der Waals surface area contributed by atoms with Crippen LogP contribution >= 0.6 is 24.0 Å². The SMILES string of the molecule is CCNC(=O)C(C)(C)CNC(=NC)N1CCOC(c2ccccc2C)C1.I. The van der Waals surface area contributed by atoms with Crippen LogP contribution in [0.25, 0.3) is 0 Å². The van der Waals surface area contributed by atoms with Gasteiger partial charge >= 0.3 is 0 Å². The van der Waals surface area contributed by atoms with E-state index in [9.17, 15) is 4.79 Å². The minimum Gasteiger partial charge on any atom is -0.370 e. The minimum absolute atomic E-state index is 0. The Hall–Kier alpha value is -1.35. The molecule has 0 bridgehead atoms. The highest BCUT2D eigenvalue weighted by Crippen LogP contribution is 2.25. The number of guanidine groups is 1. The summed E-state index contributed by atoms with van der Waals surface area (Å²) >= 11 is 0. The van der Waals surface area contributed by atoms with Gasteiger partial charge in [-0.1, -0.05) is 24.3 Å². The van der Waals surface area contributed by atoms with Crippen LogP contribution in [0.2, 0.25) is 0 Å². The minimum atomic E-state index is -0.506. The maximum atomic E-state index is 12.2. The van der Waals surface area contributed by atoms with Crippen molar-refractivity contribution in [1.82, 2.24) is 15.5 Å². The maximum absolute atomic E-state index is 12.2. The Morgan fingerprint density at radius 3 is 2.67 bits per heavy atom. The molecule has 1 unspecified atom stereocenters. The Balaban J connectivity index is 0.00000364. The summed E-state index contributed by atoms with van der Waals surface area (Å²) in [6.07, 6.45) is 0.0277. The Morgan fingerprint density at radius 1 is 1.33 bits per heavy atom. The number of morpholine rings is 1. The molecule has 2 N–H and O–H groups in total. The summed E-state index contributed by atoms with van der Waals surface area (Å²) in [4.78, 5) is 18.8. The van der Waals surface area contributed by atoms with Crippen LogP contribution in [0, 0.1) is 12.3 Å². The molecule has 1 fully saturated rings. The normalized spacial score (nSPS) is 17.9. The fraction of sp³-hybridized carbons (Fsp3) is 0.600. The van der Waals surface area contributed by atoms with Crippen LogP contribution in [0.1, 0.15) is 38.0 Å². The number of aliphatic imine (C=N–C) groups is 1. The lowest BCUT2D eigenvalue weighted by molar-refractivity contribution is -0.128. The number of nitrogens with zero attached hydrogens (tertiary/aromatic N) is 2. The van der Waals surface area contributed by atoms with E-state index in [4.69, 9.17) is 4.74 Å². The van der Waals surface area contributed by atoms with Crippen LogP contribution in [-0.2, 0) is 9.53 Å². The molecule has 1 heterocycles. The molecule has 0 aromatic heterocycles. The molecular weight excluding hydrogens is 455 g/mol. The number of nitrogens with one attached hydrogen (secondary N) is 2. The Bertz CT molecular complexity index is 649. The maximum Gasteiger partial charge on any atom is 0.227 e. The summed E-state index contributed by atoms with van der Waals surface area (Å²) in [5.74, 6) is 0.854. The van der Waals surface area contributed by atoms with E-state index < -0.39 is 5.41 Å². The second kappa shape index (κ2) is 10.8. The standard InChI is InChI=1S/C20H32N4O2.HI/c1-6-22-18(25)20(3,4)14-23-19(21-5)24-11-12-26-17(13-24)16-10-8-7-9-15(16)2;/h7-10,17H,6,11-14H2,1-5H3,(H,21,23)(H,22,25);1H. The first-order valence-corrected chi connectivity index (χ1v) is 9.30. The summed E-state index contributed by atoms with van der Waals surface area (Å²) in [7, 11) is 1.78. The summed E-state index contributed by atoms with van der Waals surface area (Å²) in [6, 6.07) is 8.33. The second-order valence-electron chi connectivity index (χ2n) is 7.31. The molecule has 0 aliphatic carbocycles. The molecule has 2 rings (SSSR count). The molecule has 0 radical (unpaired) electrons. The van der Waals surface area contributed by atoms with Crippen molar-refractivity contribution in [3.8, 4) is 0 Å². The van der Waals surface area contributed by atoms with E-state index in [0.29, 0.717) is 19.7 Å². The van der Waals surface area contributed by atoms with Crippen LogP contribution in [0.15, 0.2) is 29.3 Å². The molecule has 27 heavy (non-hydrogen) atoms. The lowest BCUT2D eigenvalue weighted by Crippen LogP contribution is -2.52. The smallest absolute Gasteiger partial charge is 0.227 e. The van der Waals surface area contributed by atoms with Gasteiger partial charge < -0.3 is 20.3 Å². The van der Waals surface area contributed by atoms with Gasteiger partial charge in [-0.05, 0) is 38.8 Å². The quantitative estimate of drug-likeness (QED) is 0.380. The predicted octanol–water partition coefficient (Wildman–Crippen LogP) is 2.72. The molecule has 152 valence electrons. The Kier molecular flexibility index (Phi) is 9.52. The third-order valence-electron chi connectivity index (χ3n) is 4.75. The van der Waals surface area contributed by atoms with Gasteiger partial charge in [0.15, 0.2) is 5.96 Å². The molecular formula is C20H33IN4O2. The van der Waals surface area contributed by atoms with Gasteiger partial charge in [0.1, 0.15) is 6.10 Å². The first-order valence-electron chi connectivity index (χ1n) is 9.30. The summed E-state index contributed by atoms with van der Waals surface area (Å²) < 4.78 is 6.00. The Morgan fingerprint density at radius 2 is 2.04 bits per heavy atom. The lowest BCUT2D eigenvalue weighted by Gasteiger charge is -2.36. The molecule has 1 aromatic rings. The van der Waals surface area contributed by atoms with Crippen LogP contribution in [-0.4, -0.2) is 56.6 Å². The predicted molar refractivity (Wildman–Crippen MR) is 121 cm³/mol. The van der Waals surface area contributed by atoms with Crippen LogP contribution in [0.3, 0.4) is 0 Å². The third kappa shape index (κ3) is 6.34. The third-order valence-corrected chi connectivity index (χ3v) is 4.75. The first kappa shape index (κ1) is 23.7. The largest absolute Gasteiger partial charge is 0.370 e. The number of hydrogen-bond acceptors (Lipinski definition) is 3. The number of carbonyl (C=O) groups excluding carboxylic acids is 1. The number of rotatable bonds is 5. The number of benzene rings is 1. The highest BCUT2D eigenvalue weighted by molar-refractivity contribution is 14.0. The van der Waals surface area contributed by atoms with Gasteiger partial charge in [-0.2, -0.15) is 0 Å². The van der Waals surface area contributed by atoms with Crippen molar-refractivity contribution >= 4 is 35.8 Å². The van der Waals surface area contributed by atoms with E-state index in [1.807, 2.05) is 32.9 Å². The molecule has 1 amide bonds. The van der Waals surface area contributed by atoms with E-state index in [2.05, 4.69) is 39.6 Å². The van der Waals surface area contributed by atoms with Gasteiger partial charge in [-0.25, -0.2) is 0 Å². The topological polar surface area (TPSA) is 66.0 Å². The number of hydrogen-bond donors (Lipinski definition) is 2. The van der Waals surface area contributed by atoms with Gasteiger partial charge in [0.25, 0.3) is 0 Å². The van der Waals surface area contributed by atoms with E-state index >= 15 is 0 Å². The Labute approximate surface area is 180 Å².